The van der Waals surface area contributed by atoms with Gasteiger partial charge in [0.2, 0.25) is 0 Å². The summed E-state index contributed by atoms with van der Waals surface area (Å²) in [5.74, 6) is -1.06. The first-order valence-electron chi connectivity index (χ1n) is 6.47. The Morgan fingerprint density at radius 3 is 2.74 bits per heavy atom. The molecule has 0 spiro atoms. The van der Waals surface area contributed by atoms with Gasteiger partial charge in [0.15, 0.2) is 0 Å². The van der Waals surface area contributed by atoms with E-state index in [4.69, 9.17) is 5.11 Å². The van der Waals surface area contributed by atoms with E-state index in [-0.39, 0.29) is 12.5 Å². The number of amides is 2. The zero-order valence-electron chi connectivity index (χ0n) is 10.7. The van der Waals surface area contributed by atoms with Crippen LogP contribution in [0.3, 0.4) is 0 Å². The minimum atomic E-state index is -0.621. The van der Waals surface area contributed by atoms with Crippen LogP contribution in [0.5, 0.6) is 0 Å². The van der Waals surface area contributed by atoms with E-state index >= 15 is 0 Å². The van der Waals surface area contributed by atoms with E-state index in [2.05, 4.69) is 5.32 Å². The molecule has 0 radical (unpaired) electrons. The minimum absolute atomic E-state index is 0.0596. The summed E-state index contributed by atoms with van der Waals surface area (Å²) in [5, 5.41) is 11.7. The van der Waals surface area contributed by atoms with Gasteiger partial charge in [0.05, 0.1) is 0 Å². The number of carbonyl (C=O) groups excluding carboxylic acids is 2. The Morgan fingerprint density at radius 2 is 2.05 bits per heavy atom. The van der Waals surface area contributed by atoms with Gasteiger partial charge in [0.25, 0.3) is 0 Å². The molecule has 102 valence electrons. The van der Waals surface area contributed by atoms with E-state index in [1.165, 1.54) is 4.90 Å². The Bertz CT molecular complexity index is 447. The molecule has 1 aliphatic rings. The number of aliphatic hydroxyl groups excluding tert-OH is 1. The molecule has 1 aromatic carbocycles. The van der Waals surface area contributed by atoms with E-state index in [1.807, 2.05) is 6.07 Å². The number of nitrogens with zero attached hydrogens (tertiary/aromatic N) is 1. The smallest absolute Gasteiger partial charge is 0.313 e. The normalized spacial score (nSPS) is 19.0. The van der Waals surface area contributed by atoms with Crippen LogP contribution < -0.4 is 5.32 Å². The van der Waals surface area contributed by atoms with E-state index in [1.54, 1.807) is 24.3 Å². The third-order valence-corrected chi connectivity index (χ3v) is 3.29. The summed E-state index contributed by atoms with van der Waals surface area (Å²) in [4.78, 5) is 25.4. The van der Waals surface area contributed by atoms with Crippen LogP contribution in [-0.4, -0.2) is 41.5 Å². The van der Waals surface area contributed by atoms with Crippen LogP contribution in [0.15, 0.2) is 30.3 Å². The first-order valence-corrected chi connectivity index (χ1v) is 6.47. The molecule has 2 N–H and O–H groups in total. The minimum Gasteiger partial charge on any atom is -0.396 e. The van der Waals surface area contributed by atoms with Crippen molar-refractivity contribution in [3.8, 4) is 0 Å². The Balaban J connectivity index is 1.93. The highest BCUT2D eigenvalue weighted by Crippen LogP contribution is 2.16. The molecular weight excluding hydrogens is 244 g/mol. The molecule has 1 aliphatic heterocycles. The summed E-state index contributed by atoms with van der Waals surface area (Å²) in [6.07, 6.45) is 1.73. The van der Waals surface area contributed by atoms with Crippen molar-refractivity contribution in [2.24, 2.45) is 5.92 Å². The Kier molecular flexibility index (Phi) is 4.52. The highest BCUT2D eigenvalue weighted by molar-refractivity contribution is 6.39. The van der Waals surface area contributed by atoms with Crippen molar-refractivity contribution < 1.29 is 14.7 Å². The summed E-state index contributed by atoms with van der Waals surface area (Å²) >= 11 is 0. The third kappa shape index (κ3) is 3.54. The maximum absolute atomic E-state index is 12.0. The molecule has 0 aliphatic carbocycles. The van der Waals surface area contributed by atoms with Gasteiger partial charge >= 0.3 is 11.8 Å². The standard InChI is InChI=1S/C14H18N2O3/c17-10-11-5-4-8-16(9-11)14(19)13(18)15-12-6-2-1-3-7-12/h1-3,6-7,11,17H,4-5,8-10H2,(H,15,18). The van der Waals surface area contributed by atoms with Gasteiger partial charge in [-0.25, -0.2) is 0 Å². The van der Waals surface area contributed by atoms with Gasteiger partial charge in [-0.15, -0.1) is 0 Å². The van der Waals surface area contributed by atoms with E-state index in [9.17, 15) is 9.59 Å². The number of likely N-dealkylation sites (tertiary alicyclic amines) is 1. The molecular formula is C14H18N2O3. The lowest BCUT2D eigenvalue weighted by Crippen LogP contribution is -2.45. The number of hydrogen-bond donors (Lipinski definition) is 2. The van der Waals surface area contributed by atoms with E-state index in [0.717, 1.165) is 12.8 Å². The summed E-state index contributed by atoms with van der Waals surface area (Å²) in [6.45, 7) is 1.10. The van der Waals surface area contributed by atoms with Gasteiger partial charge in [0.1, 0.15) is 0 Å². The van der Waals surface area contributed by atoms with Crippen LogP contribution >= 0.6 is 0 Å². The van der Waals surface area contributed by atoms with Crippen molar-refractivity contribution in [1.29, 1.82) is 0 Å². The number of rotatable bonds is 2. The fourth-order valence-electron chi connectivity index (χ4n) is 2.25. The fraction of sp³-hybridized carbons (Fsp3) is 0.429. The van der Waals surface area contributed by atoms with Crippen molar-refractivity contribution in [2.75, 3.05) is 25.0 Å². The Labute approximate surface area is 112 Å². The van der Waals surface area contributed by atoms with Crippen LogP contribution in [0.4, 0.5) is 5.69 Å². The van der Waals surface area contributed by atoms with Crippen molar-refractivity contribution >= 4 is 17.5 Å². The van der Waals surface area contributed by atoms with Gasteiger partial charge in [-0.2, -0.15) is 0 Å². The largest absolute Gasteiger partial charge is 0.396 e. The molecule has 1 aromatic rings. The number of hydrogen-bond acceptors (Lipinski definition) is 3. The van der Waals surface area contributed by atoms with Crippen LogP contribution in [0.1, 0.15) is 12.8 Å². The predicted octanol–water partition coefficient (Wildman–Crippen LogP) is 0.856. The van der Waals surface area contributed by atoms with E-state index < -0.39 is 11.8 Å². The Morgan fingerprint density at radius 1 is 1.32 bits per heavy atom. The molecule has 2 rings (SSSR count). The van der Waals surface area contributed by atoms with Crippen molar-refractivity contribution in [3.05, 3.63) is 30.3 Å². The Hall–Kier alpha value is -1.88. The lowest BCUT2D eigenvalue weighted by molar-refractivity contribution is -0.144. The number of piperidine rings is 1. The van der Waals surface area contributed by atoms with E-state index in [0.29, 0.717) is 18.8 Å². The van der Waals surface area contributed by atoms with Gasteiger partial charge in [-0.1, -0.05) is 18.2 Å². The highest BCUT2D eigenvalue weighted by Gasteiger charge is 2.27. The lowest BCUT2D eigenvalue weighted by atomic mass is 9.99. The second kappa shape index (κ2) is 6.33. The maximum Gasteiger partial charge on any atom is 0.313 e. The van der Waals surface area contributed by atoms with Gasteiger partial charge in [-0.3, -0.25) is 9.59 Å². The lowest BCUT2D eigenvalue weighted by Gasteiger charge is -2.31. The topological polar surface area (TPSA) is 69.6 Å². The quantitative estimate of drug-likeness (QED) is 0.777. The monoisotopic (exact) mass is 262 g/mol. The molecule has 0 saturated carbocycles. The molecule has 5 heteroatoms. The highest BCUT2D eigenvalue weighted by atomic mass is 16.3. The number of anilines is 1. The molecule has 1 atom stereocenters. The summed E-state index contributed by atoms with van der Waals surface area (Å²) in [7, 11) is 0. The number of para-hydroxylation sites is 1. The van der Waals surface area contributed by atoms with Crippen LogP contribution in [0, 0.1) is 5.92 Å². The third-order valence-electron chi connectivity index (χ3n) is 3.29. The van der Waals surface area contributed by atoms with Gasteiger partial charge in [-0.05, 0) is 30.9 Å². The molecule has 1 heterocycles. The average molecular weight is 262 g/mol. The van der Waals surface area contributed by atoms with Crippen molar-refractivity contribution in [1.82, 2.24) is 4.90 Å². The first kappa shape index (κ1) is 13.5. The number of nitrogens with one attached hydrogen (secondary N) is 1. The zero-order chi connectivity index (χ0) is 13.7. The van der Waals surface area contributed by atoms with Crippen LogP contribution in [0.25, 0.3) is 0 Å². The van der Waals surface area contributed by atoms with Crippen molar-refractivity contribution in [2.45, 2.75) is 12.8 Å². The second-order valence-electron chi connectivity index (χ2n) is 4.76. The number of benzene rings is 1. The van der Waals surface area contributed by atoms with Gasteiger partial charge in [0, 0.05) is 25.4 Å². The fourth-order valence-corrected chi connectivity index (χ4v) is 2.25. The zero-order valence-corrected chi connectivity index (χ0v) is 10.7. The molecule has 1 unspecified atom stereocenters. The molecule has 19 heavy (non-hydrogen) atoms. The van der Waals surface area contributed by atoms with Crippen molar-refractivity contribution in [3.63, 3.8) is 0 Å². The molecule has 0 bridgehead atoms. The maximum atomic E-state index is 12.0. The summed E-state index contributed by atoms with van der Waals surface area (Å²) in [6, 6.07) is 8.90. The van der Waals surface area contributed by atoms with Gasteiger partial charge < -0.3 is 15.3 Å². The predicted molar refractivity (Wildman–Crippen MR) is 71.5 cm³/mol. The first-order chi connectivity index (χ1) is 9.20. The summed E-state index contributed by atoms with van der Waals surface area (Å²) in [5.41, 5.74) is 0.608. The summed E-state index contributed by atoms with van der Waals surface area (Å²) < 4.78 is 0. The average Bonchev–Trinajstić information content (AvgIpc) is 2.47. The SMILES string of the molecule is O=C(Nc1ccccc1)C(=O)N1CCCC(CO)C1. The number of aliphatic hydroxyl groups is 1. The molecule has 5 nitrogen and oxygen atoms in total. The van der Waals surface area contributed by atoms with Crippen LogP contribution in [-0.2, 0) is 9.59 Å². The molecule has 0 aromatic heterocycles. The molecule has 1 fully saturated rings. The molecule has 2 amide bonds. The second-order valence-corrected chi connectivity index (χ2v) is 4.76. The van der Waals surface area contributed by atoms with Crippen LogP contribution in [0.2, 0.25) is 0 Å². The molecule has 1 saturated heterocycles. The number of carbonyl (C=O) groups is 2.